The van der Waals surface area contributed by atoms with Crippen molar-refractivity contribution >= 4 is 29.0 Å². The van der Waals surface area contributed by atoms with Crippen LogP contribution in [0.5, 0.6) is 0 Å². The molecule has 142 valence electrons. The normalized spacial score (nSPS) is 18.9. The van der Waals surface area contributed by atoms with Gasteiger partial charge in [0.1, 0.15) is 18.0 Å². The molecule has 9 nitrogen and oxygen atoms in total. The smallest absolute Gasteiger partial charge is 0.411 e. The summed E-state index contributed by atoms with van der Waals surface area (Å²) in [6.45, 7) is 2.65. The van der Waals surface area contributed by atoms with E-state index in [1.807, 2.05) is 13.0 Å². The number of carbonyl (C=O) groups excluding carboxylic acids is 2. The van der Waals surface area contributed by atoms with Gasteiger partial charge in [-0.05, 0) is 25.1 Å². The van der Waals surface area contributed by atoms with Gasteiger partial charge in [0.2, 0.25) is 0 Å². The van der Waals surface area contributed by atoms with Crippen molar-refractivity contribution in [1.82, 2.24) is 19.8 Å². The number of aliphatic carboxylic acids is 1. The Morgan fingerprint density at radius 2 is 2.07 bits per heavy atom. The van der Waals surface area contributed by atoms with Crippen LogP contribution in [0.2, 0.25) is 0 Å². The molecule has 4 rings (SSSR count). The lowest BCUT2D eigenvalue weighted by Crippen LogP contribution is -2.49. The first-order valence-electron chi connectivity index (χ1n) is 8.81. The number of amides is 2. The zero-order valence-electron chi connectivity index (χ0n) is 14.9. The molecule has 2 amide bonds. The predicted octanol–water partition coefficient (Wildman–Crippen LogP) is 1.38. The van der Waals surface area contributed by atoms with Crippen LogP contribution in [0, 0.1) is 6.92 Å². The fraction of sp³-hybridized carbons (Fsp3) is 0.444. The summed E-state index contributed by atoms with van der Waals surface area (Å²) in [5.74, 6) is -0.352. The third-order valence-corrected chi connectivity index (χ3v) is 5.18. The molecule has 0 unspecified atom stereocenters. The Balaban J connectivity index is 1.43. The van der Waals surface area contributed by atoms with Crippen molar-refractivity contribution in [1.29, 1.82) is 0 Å². The molecule has 1 spiro atoms. The average molecular weight is 372 g/mol. The Bertz CT molecular complexity index is 929. The molecule has 27 heavy (non-hydrogen) atoms. The Kier molecular flexibility index (Phi) is 4.01. The van der Waals surface area contributed by atoms with Crippen LogP contribution in [0.25, 0.3) is 11.0 Å². The molecule has 9 heteroatoms. The summed E-state index contributed by atoms with van der Waals surface area (Å²) in [5, 5.41) is 8.89. The minimum Gasteiger partial charge on any atom is -0.480 e. The molecule has 0 saturated carbocycles. The number of aromatic amines is 1. The summed E-state index contributed by atoms with van der Waals surface area (Å²) >= 11 is 0. The molecular formula is C18H20N4O5. The van der Waals surface area contributed by atoms with Gasteiger partial charge in [-0.15, -0.1) is 0 Å². The number of nitrogens with zero attached hydrogens (tertiary/aromatic N) is 3. The fourth-order valence-electron chi connectivity index (χ4n) is 3.81. The SMILES string of the molecule is Cc1nc2ccc(C(=O)N3CCC4(CC3)CN(CC(=O)O)C(=O)O4)cc2[nH]1. The molecule has 3 heterocycles. The average Bonchev–Trinajstić information content (AvgIpc) is 3.13. The molecule has 0 bridgehead atoms. The minimum atomic E-state index is -1.07. The van der Waals surface area contributed by atoms with Crippen LogP contribution < -0.4 is 0 Å². The van der Waals surface area contributed by atoms with E-state index in [1.54, 1.807) is 17.0 Å². The number of carboxylic acids is 1. The van der Waals surface area contributed by atoms with Crippen LogP contribution in [0.3, 0.4) is 0 Å². The predicted molar refractivity (Wildman–Crippen MR) is 94.4 cm³/mol. The molecule has 2 N–H and O–H groups in total. The lowest BCUT2D eigenvalue weighted by atomic mass is 9.91. The van der Waals surface area contributed by atoms with Crippen LogP contribution in [0.1, 0.15) is 29.0 Å². The molecular weight excluding hydrogens is 352 g/mol. The summed E-state index contributed by atoms with van der Waals surface area (Å²) in [5.41, 5.74) is 1.52. The highest BCUT2D eigenvalue weighted by Gasteiger charge is 2.47. The molecule has 2 saturated heterocycles. The van der Waals surface area contributed by atoms with Gasteiger partial charge in [0, 0.05) is 31.5 Å². The number of carboxylic acid groups (broad SMARTS) is 1. The number of ether oxygens (including phenoxy) is 1. The number of H-pyrrole nitrogens is 1. The van der Waals surface area contributed by atoms with Crippen LogP contribution in [-0.2, 0) is 9.53 Å². The maximum Gasteiger partial charge on any atom is 0.411 e. The summed E-state index contributed by atoms with van der Waals surface area (Å²) < 4.78 is 5.47. The molecule has 2 aromatic rings. The van der Waals surface area contributed by atoms with Crippen LogP contribution in [0.15, 0.2) is 18.2 Å². The van der Waals surface area contributed by atoms with E-state index in [2.05, 4.69) is 9.97 Å². The number of imidazole rings is 1. The molecule has 1 aromatic heterocycles. The largest absolute Gasteiger partial charge is 0.480 e. The van der Waals surface area contributed by atoms with Crippen LogP contribution in [0.4, 0.5) is 4.79 Å². The van der Waals surface area contributed by atoms with Crippen molar-refractivity contribution in [3.63, 3.8) is 0 Å². The zero-order valence-corrected chi connectivity index (χ0v) is 14.9. The Morgan fingerprint density at radius 1 is 1.33 bits per heavy atom. The third kappa shape index (κ3) is 3.20. The van der Waals surface area contributed by atoms with Crippen LogP contribution in [-0.4, -0.2) is 74.6 Å². The van der Waals surface area contributed by atoms with E-state index in [4.69, 9.17) is 9.84 Å². The fourth-order valence-corrected chi connectivity index (χ4v) is 3.81. The number of likely N-dealkylation sites (tertiary alicyclic amines) is 1. The van der Waals surface area contributed by atoms with E-state index < -0.39 is 17.7 Å². The van der Waals surface area contributed by atoms with Gasteiger partial charge in [0.05, 0.1) is 17.6 Å². The summed E-state index contributed by atoms with van der Waals surface area (Å²) in [6.07, 6.45) is 0.384. The van der Waals surface area contributed by atoms with Crippen molar-refractivity contribution in [2.24, 2.45) is 0 Å². The first-order valence-corrected chi connectivity index (χ1v) is 8.81. The highest BCUT2D eigenvalue weighted by Crippen LogP contribution is 2.33. The summed E-state index contributed by atoms with van der Waals surface area (Å²) in [6, 6.07) is 5.38. The summed E-state index contributed by atoms with van der Waals surface area (Å²) in [7, 11) is 0. The van der Waals surface area contributed by atoms with E-state index >= 15 is 0 Å². The number of hydrogen-bond donors (Lipinski definition) is 2. The molecule has 0 atom stereocenters. The summed E-state index contributed by atoms with van der Waals surface area (Å²) in [4.78, 5) is 46.0. The number of carbonyl (C=O) groups is 3. The van der Waals surface area contributed by atoms with Gasteiger partial charge in [-0.2, -0.15) is 0 Å². The van der Waals surface area contributed by atoms with Gasteiger partial charge in [-0.3, -0.25) is 14.5 Å². The number of benzene rings is 1. The van der Waals surface area contributed by atoms with Gasteiger partial charge in [0.15, 0.2) is 0 Å². The number of aromatic nitrogens is 2. The second-order valence-electron chi connectivity index (χ2n) is 7.15. The second kappa shape index (κ2) is 6.26. The molecule has 0 radical (unpaired) electrons. The van der Waals surface area contributed by atoms with Gasteiger partial charge < -0.3 is 19.7 Å². The number of hydrogen-bond acceptors (Lipinski definition) is 5. The number of nitrogens with one attached hydrogen (secondary N) is 1. The number of rotatable bonds is 3. The van der Waals surface area contributed by atoms with Gasteiger partial charge in [-0.25, -0.2) is 9.78 Å². The molecule has 2 aliphatic rings. The quantitative estimate of drug-likeness (QED) is 0.841. The third-order valence-electron chi connectivity index (χ3n) is 5.18. The van der Waals surface area contributed by atoms with Crippen molar-refractivity contribution in [3.05, 3.63) is 29.6 Å². The monoisotopic (exact) mass is 372 g/mol. The van der Waals surface area contributed by atoms with Gasteiger partial charge in [-0.1, -0.05) is 0 Å². The number of piperidine rings is 1. The minimum absolute atomic E-state index is 0.0780. The second-order valence-corrected chi connectivity index (χ2v) is 7.15. The standard InChI is InChI=1S/C18H20N4O5/c1-11-19-13-3-2-12(8-14(13)20-11)16(25)21-6-4-18(5-7-21)10-22(9-15(23)24)17(26)27-18/h2-3,8H,4-7,9-10H2,1H3,(H,19,20)(H,23,24). The molecule has 0 aliphatic carbocycles. The van der Waals surface area contributed by atoms with Crippen molar-refractivity contribution in [2.45, 2.75) is 25.4 Å². The Morgan fingerprint density at radius 3 is 2.78 bits per heavy atom. The zero-order chi connectivity index (χ0) is 19.2. The molecule has 2 fully saturated rings. The highest BCUT2D eigenvalue weighted by atomic mass is 16.6. The maximum absolute atomic E-state index is 12.8. The van der Waals surface area contributed by atoms with E-state index in [1.165, 1.54) is 4.90 Å². The number of fused-ring (bicyclic) bond motifs is 1. The van der Waals surface area contributed by atoms with Crippen molar-refractivity contribution in [3.8, 4) is 0 Å². The number of aryl methyl sites for hydroxylation is 1. The molecule has 1 aromatic carbocycles. The maximum atomic E-state index is 12.8. The van der Waals surface area contributed by atoms with Crippen molar-refractivity contribution in [2.75, 3.05) is 26.2 Å². The van der Waals surface area contributed by atoms with Crippen molar-refractivity contribution < 1.29 is 24.2 Å². The Labute approximate surface area is 154 Å². The van der Waals surface area contributed by atoms with Gasteiger partial charge in [0.25, 0.3) is 5.91 Å². The highest BCUT2D eigenvalue weighted by molar-refractivity contribution is 5.97. The van der Waals surface area contributed by atoms with E-state index in [9.17, 15) is 14.4 Å². The lowest BCUT2D eigenvalue weighted by Gasteiger charge is -2.37. The first-order chi connectivity index (χ1) is 12.8. The molecule has 2 aliphatic heterocycles. The first kappa shape index (κ1) is 17.3. The van der Waals surface area contributed by atoms with E-state index in [0.717, 1.165) is 16.9 Å². The van der Waals surface area contributed by atoms with Crippen LogP contribution >= 0.6 is 0 Å². The van der Waals surface area contributed by atoms with E-state index in [0.29, 0.717) is 31.5 Å². The topological polar surface area (TPSA) is 116 Å². The Hall–Kier alpha value is -3.10. The lowest BCUT2D eigenvalue weighted by molar-refractivity contribution is -0.137. The van der Waals surface area contributed by atoms with E-state index in [-0.39, 0.29) is 19.0 Å². The van der Waals surface area contributed by atoms with Gasteiger partial charge >= 0.3 is 12.1 Å².